The number of carbonyl (C=O) groups excluding carboxylic acids is 3. The molecule has 0 radical (unpaired) electrons. The number of esters is 1. The van der Waals surface area contributed by atoms with Gasteiger partial charge in [0.2, 0.25) is 0 Å². The van der Waals surface area contributed by atoms with E-state index in [2.05, 4.69) is 15.0 Å². The summed E-state index contributed by atoms with van der Waals surface area (Å²) in [6, 6.07) is 4.20. The molecular formula is C21H23ClFN3O4S. The zero-order chi connectivity index (χ0) is 22.4. The number of likely N-dealkylation sites (tertiary alicyclic amines) is 1. The maximum atomic E-state index is 14.0. The standard InChI is InChI=1S/C21H23ClFN3O4S/c1-30-17(27)6-3-9-24-19(28)16-12-31-20(25-16)13-7-10-26(11-8-13)21(29)18-14(22)4-2-5-15(18)23/h2,4-5,12-13H,3,6-11H2,1H3,(H,24,28). The van der Waals surface area contributed by atoms with Gasteiger partial charge in [0.15, 0.2) is 0 Å². The van der Waals surface area contributed by atoms with E-state index in [1.165, 1.54) is 36.6 Å². The fraction of sp³-hybridized carbons (Fsp3) is 0.429. The van der Waals surface area contributed by atoms with Crippen LogP contribution in [0.2, 0.25) is 5.02 Å². The Morgan fingerprint density at radius 2 is 2.06 bits per heavy atom. The van der Waals surface area contributed by atoms with Crippen LogP contribution in [0.3, 0.4) is 0 Å². The number of amides is 2. The largest absolute Gasteiger partial charge is 0.469 e. The number of halogens is 2. The quantitative estimate of drug-likeness (QED) is 0.496. The first-order valence-electron chi connectivity index (χ1n) is 9.94. The predicted octanol–water partition coefficient (Wildman–Crippen LogP) is 3.64. The molecular weight excluding hydrogens is 445 g/mol. The number of methoxy groups -OCH3 is 1. The van der Waals surface area contributed by atoms with Gasteiger partial charge in [-0.25, -0.2) is 9.37 Å². The third-order valence-corrected chi connectivity index (χ3v) is 6.46. The Morgan fingerprint density at radius 3 is 2.74 bits per heavy atom. The number of benzene rings is 1. The molecule has 166 valence electrons. The highest BCUT2D eigenvalue weighted by molar-refractivity contribution is 7.09. The van der Waals surface area contributed by atoms with E-state index in [1.54, 1.807) is 10.3 Å². The summed E-state index contributed by atoms with van der Waals surface area (Å²) in [4.78, 5) is 42.0. The van der Waals surface area contributed by atoms with Crippen molar-refractivity contribution < 1.29 is 23.5 Å². The lowest BCUT2D eigenvalue weighted by atomic mass is 9.97. The van der Waals surface area contributed by atoms with Crippen LogP contribution in [0.25, 0.3) is 0 Å². The van der Waals surface area contributed by atoms with E-state index < -0.39 is 11.7 Å². The molecule has 1 saturated heterocycles. The third kappa shape index (κ3) is 5.80. The average Bonchev–Trinajstić information content (AvgIpc) is 3.26. The van der Waals surface area contributed by atoms with E-state index >= 15 is 0 Å². The summed E-state index contributed by atoms with van der Waals surface area (Å²) in [7, 11) is 1.33. The molecule has 3 rings (SSSR count). The molecule has 0 bridgehead atoms. The number of hydrogen-bond donors (Lipinski definition) is 1. The first kappa shape index (κ1) is 23.1. The lowest BCUT2D eigenvalue weighted by Gasteiger charge is -2.31. The molecule has 2 amide bonds. The van der Waals surface area contributed by atoms with Gasteiger partial charge in [-0.2, -0.15) is 0 Å². The van der Waals surface area contributed by atoms with Gasteiger partial charge >= 0.3 is 5.97 Å². The monoisotopic (exact) mass is 467 g/mol. The molecule has 0 unspecified atom stereocenters. The zero-order valence-electron chi connectivity index (χ0n) is 17.0. The number of nitrogens with zero attached hydrogens (tertiary/aromatic N) is 2. The van der Waals surface area contributed by atoms with Crippen molar-refractivity contribution in [3.8, 4) is 0 Å². The van der Waals surface area contributed by atoms with Crippen LogP contribution in [0.1, 0.15) is 57.5 Å². The lowest BCUT2D eigenvalue weighted by molar-refractivity contribution is -0.140. The normalized spacial score (nSPS) is 14.4. The number of carbonyl (C=O) groups is 3. The Morgan fingerprint density at radius 1 is 1.32 bits per heavy atom. The molecule has 0 saturated carbocycles. The summed E-state index contributed by atoms with van der Waals surface area (Å²) in [6.07, 6.45) is 2.08. The van der Waals surface area contributed by atoms with Gasteiger partial charge in [0.05, 0.1) is 22.7 Å². The van der Waals surface area contributed by atoms with Crippen LogP contribution in [0.4, 0.5) is 4.39 Å². The van der Waals surface area contributed by atoms with E-state index in [1.807, 2.05) is 0 Å². The van der Waals surface area contributed by atoms with Crippen LogP contribution in [0.5, 0.6) is 0 Å². The van der Waals surface area contributed by atoms with Crippen LogP contribution in [0.15, 0.2) is 23.6 Å². The number of thiazole rings is 1. The Bertz CT molecular complexity index is 940. The van der Waals surface area contributed by atoms with E-state index in [0.29, 0.717) is 44.6 Å². The Hall–Kier alpha value is -2.52. The topological polar surface area (TPSA) is 88.6 Å². The molecule has 1 fully saturated rings. The smallest absolute Gasteiger partial charge is 0.305 e. The molecule has 2 heterocycles. The summed E-state index contributed by atoms with van der Waals surface area (Å²) < 4.78 is 18.6. The summed E-state index contributed by atoms with van der Waals surface area (Å²) in [6.45, 7) is 1.28. The fourth-order valence-corrected chi connectivity index (χ4v) is 4.61. The molecule has 1 N–H and O–H groups in total. The zero-order valence-corrected chi connectivity index (χ0v) is 18.6. The summed E-state index contributed by atoms with van der Waals surface area (Å²) >= 11 is 7.42. The van der Waals surface area contributed by atoms with Gasteiger partial charge in [-0.1, -0.05) is 17.7 Å². The van der Waals surface area contributed by atoms with Crippen molar-refractivity contribution in [2.24, 2.45) is 0 Å². The molecule has 0 spiro atoms. The number of nitrogens with one attached hydrogen (secondary N) is 1. The van der Waals surface area contributed by atoms with Crippen LogP contribution in [-0.4, -0.2) is 54.4 Å². The van der Waals surface area contributed by atoms with Gasteiger partial charge in [0.25, 0.3) is 11.8 Å². The molecule has 1 aliphatic rings. The fourth-order valence-electron chi connectivity index (χ4n) is 3.40. The van der Waals surface area contributed by atoms with Crippen LogP contribution in [0, 0.1) is 5.82 Å². The van der Waals surface area contributed by atoms with Crippen molar-refractivity contribution in [3.63, 3.8) is 0 Å². The highest BCUT2D eigenvalue weighted by atomic mass is 35.5. The van der Waals surface area contributed by atoms with Crippen molar-refractivity contribution in [1.29, 1.82) is 0 Å². The van der Waals surface area contributed by atoms with Gasteiger partial charge in [-0.05, 0) is 31.4 Å². The second-order valence-corrected chi connectivity index (χ2v) is 8.47. The number of ether oxygens (including phenoxy) is 1. The minimum Gasteiger partial charge on any atom is -0.469 e. The third-order valence-electron chi connectivity index (χ3n) is 5.13. The van der Waals surface area contributed by atoms with Crippen molar-refractivity contribution in [3.05, 3.63) is 50.7 Å². The average molecular weight is 468 g/mol. The number of hydrogen-bond acceptors (Lipinski definition) is 6. The van der Waals surface area contributed by atoms with Crippen LogP contribution >= 0.6 is 22.9 Å². The van der Waals surface area contributed by atoms with E-state index in [-0.39, 0.29) is 34.8 Å². The maximum absolute atomic E-state index is 14.0. The van der Waals surface area contributed by atoms with Crippen molar-refractivity contribution in [2.45, 2.75) is 31.6 Å². The second-order valence-electron chi connectivity index (χ2n) is 7.17. The van der Waals surface area contributed by atoms with Crippen molar-refractivity contribution in [1.82, 2.24) is 15.2 Å². The minimum absolute atomic E-state index is 0.0944. The van der Waals surface area contributed by atoms with Gasteiger partial charge in [-0.15, -0.1) is 11.3 Å². The van der Waals surface area contributed by atoms with E-state index in [9.17, 15) is 18.8 Å². The van der Waals surface area contributed by atoms with Crippen molar-refractivity contribution in [2.75, 3.05) is 26.7 Å². The molecule has 1 aliphatic heterocycles. The van der Waals surface area contributed by atoms with Gasteiger partial charge in [-0.3, -0.25) is 14.4 Å². The second kappa shape index (κ2) is 10.7. The van der Waals surface area contributed by atoms with E-state index in [4.69, 9.17) is 11.6 Å². The van der Waals surface area contributed by atoms with Gasteiger partial charge in [0, 0.05) is 37.4 Å². The summed E-state index contributed by atoms with van der Waals surface area (Å²) in [5, 5.41) is 5.40. The number of rotatable bonds is 7. The molecule has 1 aromatic carbocycles. The molecule has 7 nitrogen and oxygen atoms in total. The van der Waals surface area contributed by atoms with Gasteiger partial charge < -0.3 is 15.0 Å². The molecule has 0 atom stereocenters. The Kier molecular flexibility index (Phi) is 7.97. The Balaban J connectivity index is 1.51. The Labute approximate surface area is 188 Å². The van der Waals surface area contributed by atoms with Crippen LogP contribution < -0.4 is 5.32 Å². The highest BCUT2D eigenvalue weighted by Crippen LogP contribution is 2.31. The number of aromatic nitrogens is 1. The SMILES string of the molecule is COC(=O)CCCNC(=O)c1csc(C2CCN(C(=O)c3c(F)cccc3Cl)CC2)n1. The molecule has 10 heteroatoms. The van der Waals surface area contributed by atoms with Crippen molar-refractivity contribution >= 4 is 40.7 Å². The number of piperidine rings is 1. The minimum atomic E-state index is -0.623. The lowest BCUT2D eigenvalue weighted by Crippen LogP contribution is -2.38. The first-order valence-corrected chi connectivity index (χ1v) is 11.2. The summed E-state index contributed by atoms with van der Waals surface area (Å²) in [5.41, 5.74) is 0.248. The molecule has 1 aromatic heterocycles. The van der Waals surface area contributed by atoms with Gasteiger partial charge in [0.1, 0.15) is 11.5 Å². The molecule has 0 aliphatic carbocycles. The molecule has 2 aromatic rings. The maximum Gasteiger partial charge on any atom is 0.305 e. The molecule has 31 heavy (non-hydrogen) atoms. The van der Waals surface area contributed by atoms with Crippen LogP contribution in [-0.2, 0) is 9.53 Å². The highest BCUT2D eigenvalue weighted by Gasteiger charge is 2.29. The summed E-state index contributed by atoms with van der Waals surface area (Å²) in [5.74, 6) is -1.50. The first-order chi connectivity index (χ1) is 14.9. The predicted molar refractivity (Wildman–Crippen MR) is 115 cm³/mol. The van der Waals surface area contributed by atoms with E-state index in [0.717, 1.165) is 5.01 Å².